The molecule has 4 nitrogen and oxygen atoms in total. The van der Waals surface area contributed by atoms with Crippen LogP contribution in [-0.2, 0) is 0 Å². The third-order valence-electron chi connectivity index (χ3n) is 3.81. The molecule has 100 valence electrons. The topological polar surface area (TPSA) is 70.6 Å². The van der Waals surface area contributed by atoms with E-state index in [1.165, 1.54) is 32.1 Å². The Bertz CT molecular complexity index is 225. The Kier molecular flexibility index (Phi) is 7.01. The van der Waals surface area contributed by atoms with Crippen LogP contribution in [0.2, 0.25) is 0 Å². The standard InChI is InChI=1S/C13H27N3O/c1-11(12-7-3-2-4-8-12)15-10-6-5-9-13(14)16-17/h11-12,15,17H,2-10H2,1H3,(H2,14,16). The fourth-order valence-electron chi connectivity index (χ4n) is 2.61. The molecule has 17 heavy (non-hydrogen) atoms. The van der Waals surface area contributed by atoms with Crippen LogP contribution in [-0.4, -0.2) is 23.6 Å². The van der Waals surface area contributed by atoms with Crippen LogP contribution in [0.25, 0.3) is 0 Å². The summed E-state index contributed by atoms with van der Waals surface area (Å²) in [4.78, 5) is 0. The van der Waals surface area contributed by atoms with Gasteiger partial charge in [-0.05, 0) is 45.1 Å². The second-order valence-corrected chi connectivity index (χ2v) is 5.19. The summed E-state index contributed by atoms with van der Waals surface area (Å²) in [5.74, 6) is 1.21. The van der Waals surface area contributed by atoms with E-state index in [1.54, 1.807) is 0 Å². The van der Waals surface area contributed by atoms with E-state index in [4.69, 9.17) is 10.9 Å². The molecule has 1 atom stereocenters. The van der Waals surface area contributed by atoms with Crippen molar-refractivity contribution in [1.82, 2.24) is 5.32 Å². The summed E-state index contributed by atoms with van der Waals surface area (Å²) in [6, 6.07) is 0.638. The summed E-state index contributed by atoms with van der Waals surface area (Å²) in [5.41, 5.74) is 5.41. The maximum Gasteiger partial charge on any atom is 0.139 e. The number of oxime groups is 1. The molecule has 1 rings (SSSR count). The molecule has 1 unspecified atom stereocenters. The molecule has 1 aliphatic carbocycles. The predicted molar refractivity (Wildman–Crippen MR) is 71.3 cm³/mol. The highest BCUT2D eigenvalue weighted by atomic mass is 16.4. The Hall–Kier alpha value is -0.770. The summed E-state index contributed by atoms with van der Waals surface area (Å²) >= 11 is 0. The minimum absolute atomic E-state index is 0.338. The van der Waals surface area contributed by atoms with Crippen LogP contribution in [0.5, 0.6) is 0 Å². The van der Waals surface area contributed by atoms with Gasteiger partial charge in [0.1, 0.15) is 5.84 Å². The van der Waals surface area contributed by atoms with Crippen LogP contribution in [0.4, 0.5) is 0 Å². The minimum atomic E-state index is 0.338. The molecule has 0 aromatic carbocycles. The van der Waals surface area contributed by atoms with Crippen LogP contribution in [0.15, 0.2) is 5.16 Å². The van der Waals surface area contributed by atoms with Gasteiger partial charge >= 0.3 is 0 Å². The molecule has 1 aliphatic rings. The van der Waals surface area contributed by atoms with Gasteiger partial charge in [-0.25, -0.2) is 0 Å². The Labute approximate surface area is 105 Å². The second kappa shape index (κ2) is 8.34. The summed E-state index contributed by atoms with van der Waals surface area (Å²) in [5, 5.41) is 15.0. The first kappa shape index (κ1) is 14.3. The van der Waals surface area contributed by atoms with Crippen molar-refractivity contribution in [1.29, 1.82) is 0 Å². The monoisotopic (exact) mass is 241 g/mol. The molecule has 0 bridgehead atoms. The number of nitrogens with zero attached hydrogens (tertiary/aromatic N) is 1. The quantitative estimate of drug-likeness (QED) is 0.211. The SMILES string of the molecule is CC(NCCCC/C(N)=N/O)C1CCCCC1. The largest absolute Gasteiger partial charge is 0.409 e. The van der Waals surface area contributed by atoms with E-state index in [1.807, 2.05) is 0 Å². The lowest BCUT2D eigenvalue weighted by Gasteiger charge is -2.28. The summed E-state index contributed by atoms with van der Waals surface area (Å²) in [7, 11) is 0. The van der Waals surface area contributed by atoms with Crippen molar-refractivity contribution in [2.75, 3.05) is 6.54 Å². The van der Waals surface area contributed by atoms with Gasteiger partial charge in [0.2, 0.25) is 0 Å². The Morgan fingerprint density at radius 2 is 2.06 bits per heavy atom. The third kappa shape index (κ3) is 5.91. The van der Waals surface area contributed by atoms with Crippen LogP contribution < -0.4 is 11.1 Å². The van der Waals surface area contributed by atoms with Gasteiger partial charge in [0.15, 0.2) is 0 Å². The summed E-state index contributed by atoms with van der Waals surface area (Å²) < 4.78 is 0. The molecular formula is C13H27N3O. The Morgan fingerprint density at radius 1 is 1.35 bits per heavy atom. The van der Waals surface area contributed by atoms with Crippen LogP contribution in [0, 0.1) is 5.92 Å². The van der Waals surface area contributed by atoms with Crippen LogP contribution >= 0.6 is 0 Å². The van der Waals surface area contributed by atoms with E-state index < -0.39 is 0 Å². The number of rotatable bonds is 7. The maximum atomic E-state index is 8.40. The van der Waals surface area contributed by atoms with Crippen molar-refractivity contribution in [3.8, 4) is 0 Å². The smallest absolute Gasteiger partial charge is 0.139 e. The highest BCUT2D eigenvalue weighted by Crippen LogP contribution is 2.26. The summed E-state index contributed by atoms with van der Waals surface area (Å²) in [6.45, 7) is 3.34. The van der Waals surface area contributed by atoms with Crippen LogP contribution in [0.1, 0.15) is 58.3 Å². The van der Waals surface area contributed by atoms with Gasteiger partial charge in [0.25, 0.3) is 0 Å². The average molecular weight is 241 g/mol. The molecule has 0 aromatic rings. The highest BCUT2D eigenvalue weighted by molar-refractivity contribution is 5.79. The lowest BCUT2D eigenvalue weighted by Crippen LogP contribution is -2.35. The average Bonchev–Trinajstić information content (AvgIpc) is 2.38. The number of hydrogen-bond acceptors (Lipinski definition) is 3. The molecular weight excluding hydrogens is 214 g/mol. The lowest BCUT2D eigenvalue weighted by molar-refractivity contribution is 0.281. The molecule has 0 aliphatic heterocycles. The van der Waals surface area contributed by atoms with Gasteiger partial charge in [-0.2, -0.15) is 0 Å². The van der Waals surface area contributed by atoms with Crippen molar-refractivity contribution < 1.29 is 5.21 Å². The Morgan fingerprint density at radius 3 is 2.71 bits per heavy atom. The molecule has 0 heterocycles. The normalized spacial score (nSPS) is 20.4. The van der Waals surface area contributed by atoms with Gasteiger partial charge in [-0.3, -0.25) is 0 Å². The zero-order valence-electron chi connectivity index (χ0n) is 11.0. The zero-order valence-corrected chi connectivity index (χ0v) is 11.0. The molecule has 4 heteroatoms. The van der Waals surface area contributed by atoms with Gasteiger partial charge in [-0.1, -0.05) is 24.4 Å². The van der Waals surface area contributed by atoms with Crippen LogP contribution in [0.3, 0.4) is 0 Å². The Balaban J connectivity index is 2.01. The fraction of sp³-hybridized carbons (Fsp3) is 0.923. The molecule has 1 fully saturated rings. The fourth-order valence-corrected chi connectivity index (χ4v) is 2.61. The van der Waals surface area contributed by atoms with E-state index in [0.29, 0.717) is 18.3 Å². The number of amidine groups is 1. The van der Waals surface area contributed by atoms with Crippen molar-refractivity contribution in [3.05, 3.63) is 0 Å². The second-order valence-electron chi connectivity index (χ2n) is 5.19. The summed E-state index contributed by atoms with van der Waals surface area (Å²) in [6.07, 6.45) is 9.77. The van der Waals surface area contributed by atoms with Crippen molar-refractivity contribution in [2.24, 2.45) is 16.8 Å². The molecule has 0 spiro atoms. The maximum absolute atomic E-state index is 8.40. The van der Waals surface area contributed by atoms with Gasteiger partial charge in [0.05, 0.1) is 0 Å². The van der Waals surface area contributed by atoms with Crippen molar-refractivity contribution in [2.45, 2.75) is 64.3 Å². The first-order chi connectivity index (χ1) is 8.24. The van der Waals surface area contributed by atoms with E-state index >= 15 is 0 Å². The van der Waals surface area contributed by atoms with Gasteiger partial charge in [0, 0.05) is 12.5 Å². The number of hydrogen-bond donors (Lipinski definition) is 3. The molecule has 1 saturated carbocycles. The molecule has 4 N–H and O–H groups in total. The first-order valence-corrected chi connectivity index (χ1v) is 6.94. The van der Waals surface area contributed by atoms with E-state index in [9.17, 15) is 0 Å². The number of nitrogens with two attached hydrogens (primary N) is 1. The van der Waals surface area contributed by atoms with E-state index in [2.05, 4.69) is 17.4 Å². The van der Waals surface area contributed by atoms with Gasteiger partial charge < -0.3 is 16.3 Å². The van der Waals surface area contributed by atoms with E-state index in [0.717, 1.165) is 25.3 Å². The molecule has 0 saturated heterocycles. The predicted octanol–water partition coefficient (Wildman–Crippen LogP) is 2.46. The molecule has 0 aromatic heterocycles. The third-order valence-corrected chi connectivity index (χ3v) is 3.81. The molecule has 0 radical (unpaired) electrons. The van der Waals surface area contributed by atoms with Gasteiger partial charge in [-0.15, -0.1) is 0 Å². The number of unbranched alkanes of at least 4 members (excludes halogenated alkanes) is 1. The van der Waals surface area contributed by atoms with Crippen molar-refractivity contribution in [3.63, 3.8) is 0 Å². The first-order valence-electron chi connectivity index (χ1n) is 6.94. The minimum Gasteiger partial charge on any atom is -0.409 e. The highest BCUT2D eigenvalue weighted by Gasteiger charge is 2.18. The number of nitrogens with one attached hydrogen (secondary N) is 1. The van der Waals surface area contributed by atoms with Crippen molar-refractivity contribution >= 4 is 5.84 Å². The zero-order chi connectivity index (χ0) is 12.5. The van der Waals surface area contributed by atoms with E-state index in [-0.39, 0.29) is 0 Å². The molecule has 0 amide bonds. The lowest BCUT2D eigenvalue weighted by atomic mass is 9.84.